The van der Waals surface area contributed by atoms with Crippen LogP contribution < -0.4 is 0 Å². The molecule has 0 N–H and O–H groups in total. The van der Waals surface area contributed by atoms with Gasteiger partial charge in [-0.15, -0.1) is 0 Å². The van der Waals surface area contributed by atoms with E-state index in [4.69, 9.17) is 4.74 Å². The summed E-state index contributed by atoms with van der Waals surface area (Å²) in [7, 11) is 0. The number of rotatable bonds is 0. The molecule has 2 bridgehead atoms. The van der Waals surface area contributed by atoms with Gasteiger partial charge >= 0.3 is 0 Å². The number of allylic oxidation sites excluding steroid dienone is 1. The molecule has 0 radical (unpaired) electrons. The first kappa shape index (κ1) is 8.05. The van der Waals surface area contributed by atoms with Crippen LogP contribution in [0.3, 0.4) is 0 Å². The highest BCUT2D eigenvalue weighted by molar-refractivity contribution is 5.21. The second-order valence-corrected chi connectivity index (χ2v) is 4.81. The third-order valence-corrected chi connectivity index (χ3v) is 4.32. The zero-order chi connectivity index (χ0) is 8.84. The Hall–Kier alpha value is -0.300. The van der Waals surface area contributed by atoms with E-state index in [0.717, 1.165) is 24.4 Å². The van der Waals surface area contributed by atoms with Gasteiger partial charge in [-0.1, -0.05) is 11.6 Å². The molecule has 0 unspecified atom stereocenters. The number of hydrogen-bond acceptors (Lipinski definition) is 1. The van der Waals surface area contributed by atoms with Crippen LogP contribution in [-0.2, 0) is 4.74 Å². The van der Waals surface area contributed by atoms with Gasteiger partial charge in [-0.25, -0.2) is 0 Å². The van der Waals surface area contributed by atoms with Gasteiger partial charge in [-0.3, -0.25) is 0 Å². The molecule has 1 heterocycles. The lowest BCUT2D eigenvalue weighted by molar-refractivity contribution is -0.0423. The van der Waals surface area contributed by atoms with Crippen LogP contribution in [0.5, 0.6) is 0 Å². The molecule has 0 aromatic rings. The summed E-state index contributed by atoms with van der Waals surface area (Å²) >= 11 is 0. The molecule has 13 heavy (non-hydrogen) atoms. The minimum Gasteiger partial charge on any atom is -0.377 e. The number of fused-ring (bicyclic) bond motifs is 5. The molecule has 2 aliphatic carbocycles. The SMILES string of the molecule is C/C=C1/C[C@@H]2C[C@@H]1[C@@H]1OCCC[C@@H]21. The average molecular weight is 178 g/mol. The molecule has 72 valence electrons. The molecule has 0 aromatic carbocycles. The molecular weight excluding hydrogens is 160 g/mol. The summed E-state index contributed by atoms with van der Waals surface area (Å²) in [5.41, 5.74) is 1.69. The van der Waals surface area contributed by atoms with Gasteiger partial charge in [-0.05, 0) is 44.4 Å². The highest BCUT2D eigenvalue weighted by Gasteiger charge is 2.51. The summed E-state index contributed by atoms with van der Waals surface area (Å²) in [5, 5.41) is 0. The Balaban J connectivity index is 1.87. The summed E-state index contributed by atoms with van der Waals surface area (Å²) in [6, 6.07) is 0. The van der Waals surface area contributed by atoms with Crippen LogP contribution in [0, 0.1) is 17.8 Å². The summed E-state index contributed by atoms with van der Waals surface area (Å²) in [4.78, 5) is 0. The Labute approximate surface area is 80.2 Å². The highest BCUT2D eigenvalue weighted by Crippen LogP contribution is 2.55. The van der Waals surface area contributed by atoms with Crippen molar-refractivity contribution in [1.29, 1.82) is 0 Å². The van der Waals surface area contributed by atoms with E-state index in [1.807, 2.05) is 0 Å². The maximum Gasteiger partial charge on any atom is 0.0671 e. The Bertz CT molecular complexity index is 244. The fourth-order valence-electron chi connectivity index (χ4n) is 3.76. The van der Waals surface area contributed by atoms with E-state index in [1.54, 1.807) is 5.57 Å². The normalized spacial score (nSPS) is 51.3. The van der Waals surface area contributed by atoms with Gasteiger partial charge in [0.25, 0.3) is 0 Å². The smallest absolute Gasteiger partial charge is 0.0671 e. The van der Waals surface area contributed by atoms with Gasteiger partial charge in [0.2, 0.25) is 0 Å². The van der Waals surface area contributed by atoms with E-state index in [-0.39, 0.29) is 0 Å². The van der Waals surface area contributed by atoms with E-state index in [2.05, 4.69) is 13.0 Å². The van der Waals surface area contributed by atoms with Gasteiger partial charge in [0.1, 0.15) is 0 Å². The quantitative estimate of drug-likeness (QED) is 0.518. The fourth-order valence-corrected chi connectivity index (χ4v) is 3.76. The van der Waals surface area contributed by atoms with Crippen molar-refractivity contribution < 1.29 is 4.74 Å². The van der Waals surface area contributed by atoms with Crippen molar-refractivity contribution >= 4 is 0 Å². The van der Waals surface area contributed by atoms with Crippen molar-refractivity contribution in [2.45, 2.75) is 38.7 Å². The van der Waals surface area contributed by atoms with Gasteiger partial charge in [0, 0.05) is 12.5 Å². The van der Waals surface area contributed by atoms with E-state index in [1.165, 1.54) is 25.7 Å². The van der Waals surface area contributed by atoms with Crippen LogP contribution in [0.25, 0.3) is 0 Å². The summed E-state index contributed by atoms with van der Waals surface area (Å²) in [5.74, 6) is 2.70. The molecule has 1 heteroatoms. The predicted molar refractivity (Wildman–Crippen MR) is 52.4 cm³/mol. The molecule has 3 rings (SSSR count). The van der Waals surface area contributed by atoms with Gasteiger partial charge in [0.05, 0.1) is 6.10 Å². The van der Waals surface area contributed by atoms with Crippen molar-refractivity contribution in [3.8, 4) is 0 Å². The van der Waals surface area contributed by atoms with Crippen LogP contribution in [0.15, 0.2) is 11.6 Å². The van der Waals surface area contributed by atoms with Crippen molar-refractivity contribution in [1.82, 2.24) is 0 Å². The summed E-state index contributed by atoms with van der Waals surface area (Å²) in [6.07, 6.45) is 8.48. The van der Waals surface area contributed by atoms with Gasteiger partial charge in [-0.2, -0.15) is 0 Å². The van der Waals surface area contributed by atoms with Crippen molar-refractivity contribution in [3.05, 3.63) is 11.6 Å². The van der Waals surface area contributed by atoms with Crippen molar-refractivity contribution in [2.24, 2.45) is 17.8 Å². The minimum atomic E-state index is 0.610. The summed E-state index contributed by atoms with van der Waals surface area (Å²) in [6.45, 7) is 3.20. The largest absolute Gasteiger partial charge is 0.377 e. The third kappa shape index (κ3) is 1.03. The molecule has 3 fully saturated rings. The maximum atomic E-state index is 5.93. The summed E-state index contributed by atoms with van der Waals surface area (Å²) < 4.78 is 5.93. The van der Waals surface area contributed by atoms with E-state index >= 15 is 0 Å². The lowest BCUT2D eigenvalue weighted by Crippen LogP contribution is -2.35. The molecule has 0 amide bonds. The zero-order valence-corrected chi connectivity index (χ0v) is 8.33. The van der Waals surface area contributed by atoms with Crippen LogP contribution in [0.2, 0.25) is 0 Å². The first-order chi connectivity index (χ1) is 6.40. The molecule has 1 aliphatic heterocycles. The maximum absolute atomic E-state index is 5.93. The average Bonchev–Trinajstić information content (AvgIpc) is 2.75. The molecule has 1 nitrogen and oxygen atoms in total. The minimum absolute atomic E-state index is 0.610. The fraction of sp³-hybridized carbons (Fsp3) is 0.833. The number of hydrogen-bond donors (Lipinski definition) is 0. The van der Waals surface area contributed by atoms with Crippen LogP contribution >= 0.6 is 0 Å². The Morgan fingerprint density at radius 1 is 1.46 bits per heavy atom. The molecule has 0 spiro atoms. The Kier molecular flexibility index (Phi) is 1.76. The standard InChI is InChI=1S/C12H18O/c1-2-8-6-9-7-11(8)12-10(9)4-3-5-13-12/h2,9-12H,3-7H2,1H3/b8-2-/t9-,10+,11+,12-/m1/s1. The van der Waals surface area contributed by atoms with E-state index in [9.17, 15) is 0 Å². The topological polar surface area (TPSA) is 9.23 Å². The molecule has 1 saturated heterocycles. The van der Waals surface area contributed by atoms with Gasteiger partial charge in [0.15, 0.2) is 0 Å². The Morgan fingerprint density at radius 3 is 3.23 bits per heavy atom. The number of ether oxygens (including phenoxy) is 1. The van der Waals surface area contributed by atoms with Crippen LogP contribution in [-0.4, -0.2) is 12.7 Å². The third-order valence-electron chi connectivity index (χ3n) is 4.32. The van der Waals surface area contributed by atoms with Gasteiger partial charge < -0.3 is 4.74 Å². The lowest BCUT2D eigenvalue weighted by Gasteiger charge is -2.36. The highest BCUT2D eigenvalue weighted by atomic mass is 16.5. The van der Waals surface area contributed by atoms with Crippen molar-refractivity contribution in [2.75, 3.05) is 6.61 Å². The predicted octanol–water partition coefficient (Wildman–Crippen LogP) is 2.77. The first-order valence-corrected chi connectivity index (χ1v) is 5.67. The van der Waals surface area contributed by atoms with Crippen molar-refractivity contribution in [3.63, 3.8) is 0 Å². The Morgan fingerprint density at radius 2 is 2.38 bits per heavy atom. The zero-order valence-electron chi connectivity index (χ0n) is 8.33. The molecule has 0 aromatic heterocycles. The van der Waals surface area contributed by atoms with Crippen LogP contribution in [0.1, 0.15) is 32.6 Å². The molecule has 2 saturated carbocycles. The second-order valence-electron chi connectivity index (χ2n) is 4.81. The molecular formula is C12H18O. The van der Waals surface area contributed by atoms with E-state index in [0.29, 0.717) is 6.10 Å². The molecule has 4 atom stereocenters. The second kappa shape index (κ2) is 2.84. The monoisotopic (exact) mass is 178 g/mol. The van der Waals surface area contributed by atoms with Crippen LogP contribution in [0.4, 0.5) is 0 Å². The first-order valence-electron chi connectivity index (χ1n) is 5.67. The molecule has 3 aliphatic rings. The van der Waals surface area contributed by atoms with E-state index < -0.39 is 0 Å². The lowest BCUT2D eigenvalue weighted by atomic mass is 9.79.